The number of nitrogens with zero attached hydrogens (tertiary/aromatic N) is 1. The van der Waals surface area contributed by atoms with E-state index in [4.69, 9.17) is 0 Å². The van der Waals surface area contributed by atoms with E-state index in [1.165, 1.54) is 11.1 Å². The van der Waals surface area contributed by atoms with E-state index >= 15 is 0 Å². The second kappa shape index (κ2) is 7.44. The van der Waals surface area contributed by atoms with Gasteiger partial charge >= 0.3 is 0 Å². The number of carbonyl (C=O) groups is 1. The number of allylic oxidation sites excluding steroid dienone is 3. The number of hydrogen-bond acceptors (Lipinski definition) is 2. The second-order valence-corrected chi connectivity index (χ2v) is 5.21. The zero-order valence-corrected chi connectivity index (χ0v) is 11.4. The van der Waals surface area contributed by atoms with Crippen molar-refractivity contribution in [1.82, 2.24) is 4.90 Å². The number of rotatable bonds is 6. The molecule has 0 N–H and O–H groups in total. The van der Waals surface area contributed by atoms with E-state index in [1.54, 1.807) is 0 Å². The first kappa shape index (κ1) is 14.2. The molecule has 1 saturated heterocycles. The lowest BCUT2D eigenvalue weighted by atomic mass is 10.1. The topological polar surface area (TPSA) is 20.3 Å². The van der Waals surface area contributed by atoms with Crippen LogP contribution in [0.25, 0.3) is 0 Å². The summed E-state index contributed by atoms with van der Waals surface area (Å²) in [5.41, 5.74) is 2.82. The maximum absolute atomic E-state index is 10.8. The summed E-state index contributed by atoms with van der Waals surface area (Å²) in [7, 11) is 0. The van der Waals surface area contributed by atoms with Crippen molar-refractivity contribution < 1.29 is 4.79 Å². The van der Waals surface area contributed by atoms with Crippen LogP contribution in [0, 0.1) is 0 Å². The third-order valence-electron chi connectivity index (χ3n) is 3.34. The van der Waals surface area contributed by atoms with E-state index in [1.807, 2.05) is 0 Å². The Bertz CT molecular complexity index is 300. The van der Waals surface area contributed by atoms with Crippen molar-refractivity contribution >= 4 is 6.29 Å². The summed E-state index contributed by atoms with van der Waals surface area (Å²) in [6, 6.07) is 0.164. The zero-order valence-electron chi connectivity index (χ0n) is 11.4. The van der Waals surface area contributed by atoms with Crippen molar-refractivity contribution in [3.63, 3.8) is 0 Å². The van der Waals surface area contributed by atoms with Crippen molar-refractivity contribution in [3.05, 3.63) is 23.3 Å². The zero-order chi connectivity index (χ0) is 12.7. The van der Waals surface area contributed by atoms with Crippen LogP contribution in [-0.2, 0) is 4.79 Å². The maximum Gasteiger partial charge on any atom is 0.137 e. The van der Waals surface area contributed by atoms with Gasteiger partial charge in [0.15, 0.2) is 0 Å². The standard InChI is InChI=1S/C15H25NO/c1-13(2)6-4-7-14(3)9-11-16-10-5-8-15(16)12-17/h6,9,12,15H,4-5,7-8,10-11H2,1-3H3/b14-9+. The molecule has 2 nitrogen and oxygen atoms in total. The molecular formula is C15H25NO. The lowest BCUT2D eigenvalue weighted by Gasteiger charge is -2.17. The van der Waals surface area contributed by atoms with Gasteiger partial charge in [0.2, 0.25) is 0 Å². The second-order valence-electron chi connectivity index (χ2n) is 5.21. The fraction of sp³-hybridized carbons (Fsp3) is 0.667. The minimum atomic E-state index is 0.164. The van der Waals surface area contributed by atoms with E-state index < -0.39 is 0 Å². The number of aldehydes is 1. The van der Waals surface area contributed by atoms with Gasteiger partial charge in [0.25, 0.3) is 0 Å². The van der Waals surface area contributed by atoms with Crippen LogP contribution >= 0.6 is 0 Å². The molecule has 1 aliphatic rings. The molecule has 1 aliphatic heterocycles. The number of hydrogen-bond donors (Lipinski definition) is 0. The van der Waals surface area contributed by atoms with Gasteiger partial charge in [-0.15, -0.1) is 0 Å². The van der Waals surface area contributed by atoms with Gasteiger partial charge in [-0.1, -0.05) is 23.3 Å². The molecule has 0 spiro atoms. The summed E-state index contributed by atoms with van der Waals surface area (Å²) >= 11 is 0. The van der Waals surface area contributed by atoms with Crippen molar-refractivity contribution in [3.8, 4) is 0 Å². The molecule has 0 aromatic carbocycles. The molecule has 0 amide bonds. The van der Waals surface area contributed by atoms with E-state index in [9.17, 15) is 4.79 Å². The predicted octanol–water partition coefficient (Wildman–Crippen LogP) is 3.34. The highest BCUT2D eigenvalue weighted by Gasteiger charge is 2.22. The first-order valence-electron chi connectivity index (χ1n) is 6.62. The Morgan fingerprint density at radius 3 is 2.71 bits per heavy atom. The highest BCUT2D eigenvalue weighted by Crippen LogP contribution is 2.15. The van der Waals surface area contributed by atoms with Crippen LogP contribution in [-0.4, -0.2) is 30.3 Å². The van der Waals surface area contributed by atoms with Crippen LogP contribution in [0.1, 0.15) is 46.5 Å². The Labute approximate surface area is 105 Å². The van der Waals surface area contributed by atoms with Crippen molar-refractivity contribution in [2.45, 2.75) is 52.5 Å². The molecule has 0 aromatic heterocycles. The van der Waals surface area contributed by atoms with E-state index in [2.05, 4.69) is 37.8 Å². The summed E-state index contributed by atoms with van der Waals surface area (Å²) in [5, 5.41) is 0. The van der Waals surface area contributed by atoms with Gasteiger partial charge in [0.05, 0.1) is 6.04 Å². The van der Waals surface area contributed by atoms with Gasteiger partial charge in [-0.2, -0.15) is 0 Å². The van der Waals surface area contributed by atoms with Crippen molar-refractivity contribution in [2.75, 3.05) is 13.1 Å². The van der Waals surface area contributed by atoms with Crippen LogP contribution in [0.2, 0.25) is 0 Å². The smallest absolute Gasteiger partial charge is 0.137 e. The summed E-state index contributed by atoms with van der Waals surface area (Å²) < 4.78 is 0. The molecule has 1 unspecified atom stereocenters. The molecule has 0 bridgehead atoms. The number of carbonyl (C=O) groups excluding carboxylic acids is 1. The lowest BCUT2D eigenvalue weighted by molar-refractivity contribution is -0.111. The average Bonchev–Trinajstić information content (AvgIpc) is 2.73. The summed E-state index contributed by atoms with van der Waals surface area (Å²) in [6.45, 7) is 8.46. The minimum Gasteiger partial charge on any atom is -0.302 e. The first-order chi connectivity index (χ1) is 8.13. The lowest BCUT2D eigenvalue weighted by Crippen LogP contribution is -2.30. The van der Waals surface area contributed by atoms with Crippen LogP contribution in [0.5, 0.6) is 0 Å². The van der Waals surface area contributed by atoms with Gasteiger partial charge in [-0.3, -0.25) is 4.90 Å². The maximum atomic E-state index is 10.8. The third kappa shape index (κ3) is 5.31. The summed E-state index contributed by atoms with van der Waals surface area (Å²) in [6.07, 6.45) is 10.1. The third-order valence-corrected chi connectivity index (χ3v) is 3.34. The average molecular weight is 235 g/mol. The SMILES string of the molecule is CC(C)=CCC/C(C)=C/CN1CCCC1C=O. The molecule has 96 valence electrons. The van der Waals surface area contributed by atoms with Crippen molar-refractivity contribution in [2.24, 2.45) is 0 Å². The largest absolute Gasteiger partial charge is 0.302 e. The Balaban J connectivity index is 2.31. The first-order valence-corrected chi connectivity index (χ1v) is 6.62. The van der Waals surface area contributed by atoms with Crippen LogP contribution in [0.3, 0.4) is 0 Å². The molecule has 0 radical (unpaired) electrons. The fourth-order valence-electron chi connectivity index (χ4n) is 2.20. The molecule has 0 aliphatic carbocycles. The fourth-order valence-corrected chi connectivity index (χ4v) is 2.20. The molecule has 17 heavy (non-hydrogen) atoms. The summed E-state index contributed by atoms with van der Waals surface area (Å²) in [5.74, 6) is 0. The molecule has 1 fully saturated rings. The van der Waals surface area contributed by atoms with Crippen LogP contribution in [0.4, 0.5) is 0 Å². The molecule has 1 rings (SSSR count). The monoisotopic (exact) mass is 235 g/mol. The Kier molecular flexibility index (Phi) is 6.20. The predicted molar refractivity (Wildman–Crippen MR) is 73.1 cm³/mol. The molecule has 0 aromatic rings. The highest BCUT2D eigenvalue weighted by molar-refractivity contribution is 5.58. The Morgan fingerprint density at radius 2 is 2.06 bits per heavy atom. The molecule has 1 heterocycles. The van der Waals surface area contributed by atoms with E-state index in [0.29, 0.717) is 0 Å². The Morgan fingerprint density at radius 1 is 1.29 bits per heavy atom. The summed E-state index contributed by atoms with van der Waals surface area (Å²) in [4.78, 5) is 13.1. The highest BCUT2D eigenvalue weighted by atomic mass is 16.1. The molecule has 2 heteroatoms. The molecule has 1 atom stereocenters. The van der Waals surface area contributed by atoms with E-state index in [0.717, 1.165) is 45.1 Å². The quantitative estimate of drug-likeness (QED) is 0.520. The van der Waals surface area contributed by atoms with Gasteiger partial charge < -0.3 is 4.79 Å². The van der Waals surface area contributed by atoms with Crippen LogP contribution in [0.15, 0.2) is 23.3 Å². The molecule has 0 saturated carbocycles. The Hall–Kier alpha value is -0.890. The number of likely N-dealkylation sites (tertiary alicyclic amines) is 1. The minimum absolute atomic E-state index is 0.164. The van der Waals surface area contributed by atoms with Gasteiger partial charge in [0.1, 0.15) is 6.29 Å². The van der Waals surface area contributed by atoms with Crippen LogP contribution < -0.4 is 0 Å². The molecular weight excluding hydrogens is 210 g/mol. The van der Waals surface area contributed by atoms with E-state index in [-0.39, 0.29) is 6.04 Å². The van der Waals surface area contributed by atoms with Gasteiger partial charge in [-0.05, 0) is 53.0 Å². The van der Waals surface area contributed by atoms with Gasteiger partial charge in [0, 0.05) is 6.54 Å². The van der Waals surface area contributed by atoms with Crippen molar-refractivity contribution in [1.29, 1.82) is 0 Å². The van der Waals surface area contributed by atoms with Gasteiger partial charge in [-0.25, -0.2) is 0 Å². The normalized spacial score (nSPS) is 21.6.